The van der Waals surface area contributed by atoms with Crippen molar-refractivity contribution in [1.82, 2.24) is 21.3 Å². The van der Waals surface area contributed by atoms with Gasteiger partial charge in [-0.05, 0) is 59.5 Å². The Balaban J connectivity index is -0.000000163. The van der Waals surface area contributed by atoms with Crippen LogP contribution in [0.25, 0.3) is 0 Å². The monoisotopic (exact) mass is 662 g/mol. The molecule has 0 aliphatic carbocycles. The molecule has 0 aromatic carbocycles. The Morgan fingerprint density at radius 2 is 1.53 bits per heavy atom. The van der Waals surface area contributed by atoms with E-state index in [1.54, 1.807) is 30.1 Å². The Morgan fingerprint density at radius 3 is 1.96 bits per heavy atom. The Morgan fingerprint density at radius 1 is 1.00 bits per heavy atom. The molecular formula is C34H67FN4O5S. The fraction of sp³-hybridized carbons (Fsp3) is 0.500. The van der Waals surface area contributed by atoms with Crippen molar-refractivity contribution in [1.29, 1.82) is 0 Å². The van der Waals surface area contributed by atoms with E-state index in [1.165, 1.54) is 12.2 Å². The van der Waals surface area contributed by atoms with Gasteiger partial charge in [0, 0.05) is 48.8 Å². The molecule has 1 unspecified atom stereocenters. The van der Waals surface area contributed by atoms with E-state index in [-0.39, 0.29) is 23.5 Å². The maximum atomic E-state index is 12.6. The Kier molecular flexibility index (Phi) is 69.1. The number of amides is 1. The molecule has 0 bridgehead atoms. The third kappa shape index (κ3) is 51.1. The molecule has 0 spiro atoms. The van der Waals surface area contributed by atoms with Crippen LogP contribution in [0, 0.1) is 0 Å². The fourth-order valence-corrected chi connectivity index (χ4v) is 3.11. The second-order valence-electron chi connectivity index (χ2n) is 7.91. The van der Waals surface area contributed by atoms with Gasteiger partial charge in [0.15, 0.2) is 0 Å². The fourth-order valence-electron chi connectivity index (χ4n) is 2.41. The normalized spacial score (nSPS) is 11.2. The number of carbonyl (C=O) groups is 1. The van der Waals surface area contributed by atoms with Gasteiger partial charge in [-0.15, -0.1) is 19.7 Å². The largest absolute Gasteiger partial charge is 0.412 e. The molecular weight excluding hydrogens is 595 g/mol. The number of allylic oxidation sites excluding steroid dienone is 5. The summed E-state index contributed by atoms with van der Waals surface area (Å²) in [5, 5.41) is 30.2. The van der Waals surface area contributed by atoms with Crippen molar-refractivity contribution in [2.45, 2.75) is 61.1 Å². The lowest BCUT2D eigenvalue weighted by Gasteiger charge is -2.16. The summed E-state index contributed by atoms with van der Waals surface area (Å²) in [6, 6.07) is 0. The van der Waals surface area contributed by atoms with E-state index < -0.39 is 12.9 Å². The lowest BCUT2D eigenvalue weighted by Crippen LogP contribution is -2.34. The summed E-state index contributed by atoms with van der Waals surface area (Å²) in [6.45, 7) is 25.3. The summed E-state index contributed by atoms with van der Waals surface area (Å²) < 4.78 is 10.6. The van der Waals surface area contributed by atoms with E-state index in [2.05, 4.69) is 47.1 Å². The summed E-state index contributed by atoms with van der Waals surface area (Å²) in [5.41, 5.74) is 2.39. The first-order valence-electron chi connectivity index (χ1n) is 14.7. The number of likely N-dealkylation sites (N-methyl/N-ethyl adjacent to an activating group) is 2. The van der Waals surface area contributed by atoms with E-state index in [0.29, 0.717) is 18.5 Å². The summed E-state index contributed by atoms with van der Waals surface area (Å²) in [7, 11) is 1.88. The predicted octanol–water partition coefficient (Wildman–Crippen LogP) is 4.70. The number of rotatable bonds is 18. The zero-order valence-electron chi connectivity index (χ0n) is 29.2. The van der Waals surface area contributed by atoms with Crippen LogP contribution in [0.3, 0.4) is 0 Å². The van der Waals surface area contributed by atoms with Crippen molar-refractivity contribution in [3.8, 4) is 0 Å². The minimum atomic E-state index is -0.640. The van der Waals surface area contributed by atoms with Crippen molar-refractivity contribution in [3.63, 3.8) is 0 Å². The summed E-state index contributed by atoms with van der Waals surface area (Å²) in [4.78, 5) is 12.6. The van der Waals surface area contributed by atoms with Crippen molar-refractivity contribution in [2.24, 2.45) is 0 Å². The van der Waals surface area contributed by atoms with Gasteiger partial charge in [0.25, 0.3) is 5.91 Å². The van der Waals surface area contributed by atoms with Crippen LogP contribution in [-0.2, 0) is 4.79 Å². The van der Waals surface area contributed by atoms with Crippen LogP contribution in [0.2, 0.25) is 0 Å². The number of hydrogen-bond donors (Lipinski definition) is 6. The van der Waals surface area contributed by atoms with Crippen molar-refractivity contribution >= 4 is 17.7 Å². The average Bonchev–Trinajstić information content (AvgIpc) is 3.02. The van der Waals surface area contributed by atoms with Crippen molar-refractivity contribution < 1.29 is 30.4 Å². The van der Waals surface area contributed by atoms with Crippen molar-refractivity contribution in [2.75, 3.05) is 51.5 Å². The Labute approximate surface area is 278 Å². The SMILES string of the molecule is C/C=C/CSC/C=C/C(=C/C(NCC)=C(\C)CC(O)NCCNC)C(=O)N/C=C/C.C=CC.C=CCF.C=CCO.CC.O.O. The first-order chi connectivity index (χ1) is 20.7. The Bertz CT molecular complexity index is 793. The van der Waals surface area contributed by atoms with Crippen LogP contribution in [0.5, 0.6) is 0 Å². The van der Waals surface area contributed by atoms with Crippen LogP contribution < -0.4 is 21.3 Å². The molecule has 11 heteroatoms. The summed E-state index contributed by atoms with van der Waals surface area (Å²) in [6.07, 6.45) is 17.5. The van der Waals surface area contributed by atoms with E-state index in [0.717, 1.165) is 35.9 Å². The van der Waals surface area contributed by atoms with Crippen LogP contribution >= 0.6 is 11.8 Å². The number of hydrogen-bond acceptors (Lipinski definition) is 7. The molecule has 10 N–H and O–H groups in total. The number of aliphatic hydroxyl groups is 2. The van der Waals surface area contributed by atoms with Gasteiger partial charge >= 0.3 is 0 Å². The second kappa shape index (κ2) is 53.8. The molecule has 0 aromatic heterocycles. The molecule has 0 saturated carbocycles. The van der Waals surface area contributed by atoms with Gasteiger partial charge in [-0.3, -0.25) is 10.1 Å². The van der Waals surface area contributed by atoms with Gasteiger partial charge in [0.1, 0.15) is 12.9 Å². The predicted molar refractivity (Wildman–Crippen MR) is 199 cm³/mol. The molecule has 0 aliphatic rings. The maximum absolute atomic E-state index is 12.6. The zero-order valence-corrected chi connectivity index (χ0v) is 30.0. The van der Waals surface area contributed by atoms with Gasteiger partial charge in [0.05, 0.1) is 6.61 Å². The molecule has 266 valence electrons. The first-order valence-corrected chi connectivity index (χ1v) is 15.8. The van der Waals surface area contributed by atoms with Gasteiger partial charge in [0.2, 0.25) is 0 Å². The lowest BCUT2D eigenvalue weighted by molar-refractivity contribution is -0.116. The molecule has 0 heterocycles. The van der Waals surface area contributed by atoms with Crippen LogP contribution in [-0.4, -0.2) is 84.8 Å². The van der Waals surface area contributed by atoms with Crippen LogP contribution in [0.1, 0.15) is 54.9 Å². The van der Waals surface area contributed by atoms with Gasteiger partial charge in [-0.2, -0.15) is 11.8 Å². The molecule has 0 rings (SSSR count). The van der Waals surface area contributed by atoms with E-state index >= 15 is 0 Å². The van der Waals surface area contributed by atoms with E-state index in [1.807, 2.05) is 79.8 Å². The third-order valence-corrected chi connectivity index (χ3v) is 5.08. The van der Waals surface area contributed by atoms with Gasteiger partial charge in [-0.1, -0.05) is 62.5 Å². The molecule has 0 aliphatic heterocycles. The zero-order chi connectivity index (χ0) is 34.2. The minimum Gasteiger partial charge on any atom is -0.412 e. The number of halogens is 1. The molecule has 9 nitrogen and oxygen atoms in total. The molecule has 0 aromatic rings. The number of aliphatic hydroxyl groups excluding tert-OH is 2. The molecule has 0 saturated heterocycles. The minimum absolute atomic E-state index is 0. The maximum Gasteiger partial charge on any atom is 0.255 e. The highest BCUT2D eigenvalue weighted by Gasteiger charge is 2.10. The lowest BCUT2D eigenvalue weighted by atomic mass is 10.1. The average molecular weight is 663 g/mol. The highest BCUT2D eigenvalue weighted by molar-refractivity contribution is 7.99. The smallest absolute Gasteiger partial charge is 0.255 e. The summed E-state index contributed by atoms with van der Waals surface area (Å²) in [5.74, 6) is 1.61. The highest BCUT2D eigenvalue weighted by atomic mass is 32.2. The van der Waals surface area contributed by atoms with Crippen LogP contribution in [0.4, 0.5) is 4.39 Å². The Hall–Kier alpha value is -2.77. The molecule has 1 amide bonds. The molecule has 0 fully saturated rings. The molecule has 1 atom stereocenters. The van der Waals surface area contributed by atoms with Crippen molar-refractivity contribution in [3.05, 3.63) is 97.5 Å². The number of alkyl halides is 1. The third-order valence-electron chi connectivity index (χ3n) is 4.22. The quantitative estimate of drug-likeness (QED) is 0.0406. The second-order valence-corrected chi connectivity index (χ2v) is 8.98. The number of carbonyl (C=O) groups excluding carboxylic acids is 1. The first kappa shape index (κ1) is 57.8. The van der Waals surface area contributed by atoms with Gasteiger partial charge in [-0.25, -0.2) is 4.39 Å². The number of nitrogens with one attached hydrogen (secondary N) is 4. The van der Waals surface area contributed by atoms with E-state index in [9.17, 15) is 14.3 Å². The number of thioether (sulfide) groups is 1. The topological polar surface area (TPSA) is 169 Å². The molecule has 45 heavy (non-hydrogen) atoms. The van der Waals surface area contributed by atoms with Gasteiger partial charge < -0.3 is 37.1 Å². The van der Waals surface area contributed by atoms with E-state index in [4.69, 9.17) is 5.11 Å². The summed E-state index contributed by atoms with van der Waals surface area (Å²) >= 11 is 1.78. The van der Waals surface area contributed by atoms with Crippen LogP contribution in [0.15, 0.2) is 97.5 Å². The highest BCUT2D eigenvalue weighted by Crippen LogP contribution is 2.13. The standard InChI is InChI=1S/C23H40N4O2S.C3H5F.C3H6O.C3H6.C2H6.2H2O/c1-6-9-15-30-16-10-11-20(23(29)27-12-7-2)18-21(25-8-3)19(4)17-22(28)26-14-13-24-5;2*1-2-3-4;1-3-2;1-2;;/h6-7,9-12,18,22,24-26,28H,8,13-17H2,1-5H3,(H,27,29);2H,1,3H2;2,4H,1,3H2;3H,1H2,2H3;1-2H3;2*1H2/b9-6+,11-10+,12-7+,20-18-,21-19-;;;;;;. The molecule has 0 radical (unpaired) electrons.